The molecule has 2 rings (SSSR count). The molecular weight excluding hydrogens is 366 g/mol. The molecule has 0 aliphatic rings. The molecule has 0 aliphatic carbocycles. The van der Waals surface area contributed by atoms with Crippen LogP contribution < -0.4 is 0 Å². The number of aryl methyl sites for hydroxylation is 1. The molecule has 1 nitrogen and oxygen atoms in total. The van der Waals surface area contributed by atoms with Crippen molar-refractivity contribution in [1.82, 2.24) is 0 Å². The van der Waals surface area contributed by atoms with Crippen LogP contribution in [0.3, 0.4) is 0 Å². The van der Waals surface area contributed by atoms with Gasteiger partial charge in [0.05, 0.1) is 5.02 Å². The lowest BCUT2D eigenvalue weighted by Gasteiger charge is -2.13. The lowest BCUT2D eigenvalue weighted by Crippen LogP contribution is -2.01. The summed E-state index contributed by atoms with van der Waals surface area (Å²) in [4.78, 5) is 0. The maximum Gasteiger partial charge on any atom is 0.126 e. The number of aliphatic hydroxyl groups is 1. The molecule has 0 saturated carbocycles. The fourth-order valence-electron chi connectivity index (χ4n) is 1.71. The van der Waals surface area contributed by atoms with E-state index in [1.807, 2.05) is 12.1 Å². The minimum atomic E-state index is -0.793. The van der Waals surface area contributed by atoms with Crippen molar-refractivity contribution in [3.05, 3.63) is 67.5 Å². The monoisotopic (exact) mass is 376 g/mol. The molecule has 18 heavy (non-hydrogen) atoms. The molecule has 0 saturated heterocycles. The van der Waals surface area contributed by atoms with E-state index < -0.39 is 6.10 Å². The number of benzene rings is 2. The Labute approximate surface area is 124 Å². The topological polar surface area (TPSA) is 20.2 Å². The summed E-state index contributed by atoms with van der Waals surface area (Å²) in [5, 5.41) is 10.8. The van der Waals surface area contributed by atoms with Crippen LogP contribution in [0.2, 0.25) is 5.02 Å². The van der Waals surface area contributed by atoms with E-state index in [0.717, 1.165) is 3.57 Å². The third-order valence-corrected chi connectivity index (χ3v) is 4.33. The van der Waals surface area contributed by atoms with E-state index in [4.69, 9.17) is 11.6 Å². The van der Waals surface area contributed by atoms with Crippen LogP contribution in [0, 0.1) is 16.3 Å². The first-order valence-corrected chi connectivity index (χ1v) is 6.84. The molecule has 0 aromatic heterocycles. The lowest BCUT2D eigenvalue weighted by atomic mass is 10.00. The molecule has 0 aliphatic heterocycles. The van der Waals surface area contributed by atoms with Gasteiger partial charge in [-0.25, -0.2) is 4.39 Å². The molecule has 0 fully saturated rings. The number of hydrogen-bond donors (Lipinski definition) is 1. The van der Waals surface area contributed by atoms with Crippen LogP contribution in [-0.4, -0.2) is 5.11 Å². The molecular formula is C14H11ClFIO. The molecule has 2 aromatic rings. The Hall–Kier alpha value is -0.650. The van der Waals surface area contributed by atoms with Crippen LogP contribution in [0.1, 0.15) is 22.8 Å². The minimum absolute atomic E-state index is 0.272. The third kappa shape index (κ3) is 2.84. The van der Waals surface area contributed by atoms with Crippen molar-refractivity contribution < 1.29 is 9.50 Å². The van der Waals surface area contributed by atoms with Crippen molar-refractivity contribution in [2.24, 2.45) is 0 Å². The Balaban J connectivity index is 2.37. The zero-order chi connectivity index (χ0) is 13.3. The van der Waals surface area contributed by atoms with Gasteiger partial charge in [-0.1, -0.05) is 29.8 Å². The summed E-state index contributed by atoms with van der Waals surface area (Å²) in [6.07, 6.45) is -0.793. The van der Waals surface area contributed by atoms with Crippen LogP contribution in [0.25, 0.3) is 0 Å². The predicted molar refractivity (Wildman–Crippen MR) is 79.4 cm³/mol. The Morgan fingerprint density at radius 3 is 2.39 bits per heavy atom. The highest BCUT2D eigenvalue weighted by Gasteiger charge is 2.13. The van der Waals surface area contributed by atoms with Gasteiger partial charge < -0.3 is 5.11 Å². The average molecular weight is 377 g/mol. The Bertz CT molecular complexity index is 535. The maximum atomic E-state index is 13.2. The van der Waals surface area contributed by atoms with Crippen molar-refractivity contribution in [3.63, 3.8) is 0 Å². The summed E-state index contributed by atoms with van der Waals surface area (Å²) in [6.45, 7) is 1.67. The highest BCUT2D eigenvalue weighted by molar-refractivity contribution is 14.1. The van der Waals surface area contributed by atoms with Gasteiger partial charge in [-0.3, -0.25) is 0 Å². The van der Waals surface area contributed by atoms with Gasteiger partial charge in [0.1, 0.15) is 11.9 Å². The quantitative estimate of drug-likeness (QED) is 0.767. The molecule has 0 bridgehead atoms. The highest BCUT2D eigenvalue weighted by atomic mass is 127. The van der Waals surface area contributed by atoms with Crippen LogP contribution in [0.15, 0.2) is 36.4 Å². The SMILES string of the molecule is Cc1cc(C(O)c2ccc(I)c(Cl)c2)ccc1F. The molecule has 0 spiro atoms. The molecule has 2 aromatic carbocycles. The summed E-state index contributed by atoms with van der Waals surface area (Å²) < 4.78 is 14.1. The smallest absolute Gasteiger partial charge is 0.126 e. The zero-order valence-electron chi connectivity index (χ0n) is 9.62. The molecule has 0 radical (unpaired) electrons. The van der Waals surface area contributed by atoms with Crippen LogP contribution in [0.4, 0.5) is 4.39 Å². The number of hydrogen-bond acceptors (Lipinski definition) is 1. The summed E-state index contributed by atoms with van der Waals surface area (Å²) in [7, 11) is 0. The van der Waals surface area contributed by atoms with Crippen molar-refractivity contribution in [3.8, 4) is 0 Å². The van der Waals surface area contributed by atoms with E-state index in [2.05, 4.69) is 22.6 Å². The van der Waals surface area contributed by atoms with E-state index in [0.29, 0.717) is 21.7 Å². The standard InChI is InChI=1S/C14H11ClFIO/c1-8-6-9(2-4-12(8)16)14(18)10-3-5-13(17)11(15)7-10/h2-7,14,18H,1H3. The van der Waals surface area contributed by atoms with Gasteiger partial charge in [0, 0.05) is 3.57 Å². The zero-order valence-corrected chi connectivity index (χ0v) is 12.5. The van der Waals surface area contributed by atoms with Crippen LogP contribution >= 0.6 is 34.2 Å². The Morgan fingerprint density at radius 2 is 1.78 bits per heavy atom. The fraction of sp³-hybridized carbons (Fsp3) is 0.143. The first kappa shape index (κ1) is 13.8. The van der Waals surface area contributed by atoms with Crippen LogP contribution in [-0.2, 0) is 0 Å². The molecule has 1 N–H and O–H groups in total. The minimum Gasteiger partial charge on any atom is -0.384 e. The predicted octanol–water partition coefficient (Wildman–Crippen LogP) is 4.47. The Morgan fingerprint density at radius 1 is 1.17 bits per heavy atom. The molecule has 0 heterocycles. The second kappa shape index (κ2) is 5.55. The van der Waals surface area contributed by atoms with Crippen molar-refractivity contribution in [1.29, 1.82) is 0 Å². The average Bonchev–Trinajstić information content (AvgIpc) is 2.35. The van der Waals surface area contributed by atoms with Gasteiger partial charge >= 0.3 is 0 Å². The maximum absolute atomic E-state index is 13.2. The molecule has 1 atom stereocenters. The number of rotatable bonds is 2. The van der Waals surface area contributed by atoms with Gasteiger partial charge in [-0.15, -0.1) is 0 Å². The van der Waals surface area contributed by atoms with Crippen LogP contribution in [0.5, 0.6) is 0 Å². The van der Waals surface area contributed by atoms with E-state index in [1.54, 1.807) is 25.1 Å². The van der Waals surface area contributed by atoms with Gasteiger partial charge in [-0.2, -0.15) is 0 Å². The van der Waals surface area contributed by atoms with Crippen molar-refractivity contribution in [2.45, 2.75) is 13.0 Å². The first-order chi connectivity index (χ1) is 8.49. The third-order valence-electron chi connectivity index (χ3n) is 2.76. The lowest BCUT2D eigenvalue weighted by molar-refractivity contribution is 0.220. The molecule has 1 unspecified atom stereocenters. The van der Waals surface area contributed by atoms with Gasteiger partial charge in [0.15, 0.2) is 0 Å². The molecule has 4 heteroatoms. The number of halogens is 3. The second-order valence-electron chi connectivity index (χ2n) is 4.08. The fourth-order valence-corrected chi connectivity index (χ4v) is 2.24. The van der Waals surface area contributed by atoms with Gasteiger partial charge in [0.25, 0.3) is 0 Å². The molecule has 94 valence electrons. The highest BCUT2D eigenvalue weighted by Crippen LogP contribution is 2.27. The van der Waals surface area contributed by atoms with Crippen molar-refractivity contribution >= 4 is 34.2 Å². The normalized spacial score (nSPS) is 12.5. The Kier molecular flexibility index (Phi) is 4.25. The van der Waals surface area contributed by atoms with Crippen molar-refractivity contribution in [2.75, 3.05) is 0 Å². The second-order valence-corrected chi connectivity index (χ2v) is 5.65. The summed E-state index contributed by atoms with van der Waals surface area (Å²) in [5.74, 6) is -0.272. The first-order valence-electron chi connectivity index (χ1n) is 5.38. The van der Waals surface area contributed by atoms with Gasteiger partial charge in [-0.05, 0) is 64.4 Å². The van der Waals surface area contributed by atoms with E-state index in [9.17, 15) is 9.50 Å². The molecule has 0 amide bonds. The summed E-state index contributed by atoms with van der Waals surface area (Å²) in [6, 6.07) is 9.98. The number of aliphatic hydroxyl groups excluding tert-OH is 1. The van der Waals surface area contributed by atoms with E-state index in [1.165, 1.54) is 6.07 Å². The largest absolute Gasteiger partial charge is 0.384 e. The van der Waals surface area contributed by atoms with E-state index in [-0.39, 0.29) is 5.82 Å². The summed E-state index contributed by atoms with van der Waals surface area (Å²) >= 11 is 8.15. The van der Waals surface area contributed by atoms with Gasteiger partial charge in [0.2, 0.25) is 0 Å². The summed E-state index contributed by atoms with van der Waals surface area (Å²) in [5.41, 5.74) is 1.88. The van der Waals surface area contributed by atoms with E-state index >= 15 is 0 Å².